The van der Waals surface area contributed by atoms with Crippen LogP contribution in [-0.2, 0) is 22.1 Å². The molecule has 2 aromatic carbocycles. The SMILES string of the molecule is CCn1c(-c2ccccc2OC)nnc1S(=O)(=O)Cc1ccc(F)cc1Cl. The van der Waals surface area contributed by atoms with Crippen molar-refractivity contribution in [3.05, 3.63) is 58.9 Å². The van der Waals surface area contributed by atoms with Crippen LogP contribution in [0.15, 0.2) is 47.6 Å². The van der Waals surface area contributed by atoms with E-state index in [1.54, 1.807) is 25.1 Å². The van der Waals surface area contributed by atoms with Crippen LogP contribution in [0.2, 0.25) is 5.02 Å². The Hall–Kier alpha value is -2.45. The van der Waals surface area contributed by atoms with Gasteiger partial charge in [0.25, 0.3) is 0 Å². The first kappa shape index (κ1) is 19.3. The van der Waals surface area contributed by atoms with Gasteiger partial charge in [0.05, 0.1) is 18.4 Å². The minimum absolute atomic E-state index is 0.0473. The van der Waals surface area contributed by atoms with Crippen LogP contribution < -0.4 is 4.74 Å². The van der Waals surface area contributed by atoms with Crippen LogP contribution in [0.4, 0.5) is 4.39 Å². The van der Waals surface area contributed by atoms with Gasteiger partial charge in [0.15, 0.2) is 5.82 Å². The Bertz CT molecular complexity index is 1080. The molecule has 0 spiro atoms. The highest BCUT2D eigenvalue weighted by Crippen LogP contribution is 2.30. The van der Waals surface area contributed by atoms with Crippen LogP contribution in [0.1, 0.15) is 12.5 Å². The zero-order chi connectivity index (χ0) is 19.6. The zero-order valence-corrected chi connectivity index (χ0v) is 16.3. The summed E-state index contributed by atoms with van der Waals surface area (Å²) in [5.41, 5.74) is 0.929. The van der Waals surface area contributed by atoms with Gasteiger partial charge in [-0.1, -0.05) is 29.8 Å². The number of hydrogen-bond donors (Lipinski definition) is 0. The van der Waals surface area contributed by atoms with E-state index in [2.05, 4.69) is 10.2 Å². The molecule has 0 aliphatic carbocycles. The van der Waals surface area contributed by atoms with E-state index in [1.807, 2.05) is 6.07 Å². The summed E-state index contributed by atoms with van der Waals surface area (Å²) in [6.07, 6.45) is 0. The fourth-order valence-corrected chi connectivity index (χ4v) is 4.56. The van der Waals surface area contributed by atoms with E-state index >= 15 is 0 Å². The summed E-state index contributed by atoms with van der Waals surface area (Å²) in [4.78, 5) is 0. The fraction of sp³-hybridized carbons (Fsp3) is 0.222. The Morgan fingerprint density at radius 3 is 2.59 bits per heavy atom. The molecule has 6 nitrogen and oxygen atoms in total. The Morgan fingerprint density at radius 1 is 1.19 bits per heavy atom. The number of nitrogens with zero attached hydrogens (tertiary/aromatic N) is 3. The molecule has 0 saturated heterocycles. The molecule has 0 aliphatic rings. The van der Waals surface area contributed by atoms with E-state index in [9.17, 15) is 12.8 Å². The highest BCUT2D eigenvalue weighted by Gasteiger charge is 2.27. The normalized spacial score (nSPS) is 11.6. The van der Waals surface area contributed by atoms with Crippen LogP contribution >= 0.6 is 11.6 Å². The number of halogens is 2. The maximum Gasteiger partial charge on any atom is 0.250 e. The Morgan fingerprint density at radius 2 is 1.93 bits per heavy atom. The third kappa shape index (κ3) is 3.81. The van der Waals surface area contributed by atoms with Crippen molar-refractivity contribution in [2.24, 2.45) is 0 Å². The monoisotopic (exact) mass is 409 g/mol. The summed E-state index contributed by atoms with van der Waals surface area (Å²) in [6.45, 7) is 2.14. The van der Waals surface area contributed by atoms with E-state index in [4.69, 9.17) is 16.3 Å². The number of hydrogen-bond acceptors (Lipinski definition) is 5. The minimum Gasteiger partial charge on any atom is -0.496 e. The van der Waals surface area contributed by atoms with E-state index < -0.39 is 21.4 Å². The maximum absolute atomic E-state index is 13.2. The predicted molar refractivity (Wildman–Crippen MR) is 100.0 cm³/mol. The molecule has 0 aliphatic heterocycles. The smallest absolute Gasteiger partial charge is 0.250 e. The Balaban J connectivity index is 2.05. The molecule has 0 bridgehead atoms. The molecule has 0 atom stereocenters. The molecule has 3 aromatic rings. The maximum atomic E-state index is 13.2. The molecule has 142 valence electrons. The third-order valence-corrected chi connectivity index (χ3v) is 5.92. The molecule has 0 N–H and O–H groups in total. The van der Waals surface area contributed by atoms with Crippen molar-refractivity contribution in [1.82, 2.24) is 14.8 Å². The lowest BCUT2D eigenvalue weighted by Gasteiger charge is -2.11. The van der Waals surface area contributed by atoms with Crippen LogP contribution in [-0.4, -0.2) is 30.3 Å². The number of rotatable bonds is 6. The number of para-hydroxylation sites is 1. The summed E-state index contributed by atoms with van der Waals surface area (Å²) in [7, 11) is -2.33. The molecule has 1 aromatic heterocycles. The van der Waals surface area contributed by atoms with Gasteiger partial charge in [0, 0.05) is 11.6 Å². The molecule has 1 heterocycles. The van der Waals surface area contributed by atoms with Crippen LogP contribution in [0.25, 0.3) is 11.4 Å². The number of sulfone groups is 1. The first-order valence-corrected chi connectivity index (χ1v) is 10.1. The van der Waals surface area contributed by atoms with Crippen molar-refractivity contribution >= 4 is 21.4 Å². The lowest BCUT2D eigenvalue weighted by molar-refractivity contribution is 0.415. The van der Waals surface area contributed by atoms with Gasteiger partial charge in [-0.2, -0.15) is 0 Å². The number of benzene rings is 2. The molecule has 9 heteroatoms. The van der Waals surface area contributed by atoms with Crippen molar-refractivity contribution in [3.8, 4) is 17.1 Å². The summed E-state index contributed by atoms with van der Waals surface area (Å²) >= 11 is 5.97. The van der Waals surface area contributed by atoms with Crippen LogP contribution in [0, 0.1) is 5.82 Å². The van der Waals surface area contributed by atoms with Gasteiger partial charge in [-0.15, -0.1) is 10.2 Å². The summed E-state index contributed by atoms with van der Waals surface area (Å²) in [5, 5.41) is 7.85. The van der Waals surface area contributed by atoms with Crippen molar-refractivity contribution < 1.29 is 17.5 Å². The second kappa shape index (κ2) is 7.66. The van der Waals surface area contributed by atoms with Crippen molar-refractivity contribution in [3.63, 3.8) is 0 Å². The van der Waals surface area contributed by atoms with Gasteiger partial charge >= 0.3 is 0 Å². The third-order valence-electron chi connectivity index (χ3n) is 4.02. The van der Waals surface area contributed by atoms with Gasteiger partial charge in [-0.05, 0) is 36.8 Å². The molecule has 0 radical (unpaired) electrons. The van der Waals surface area contributed by atoms with Gasteiger partial charge in [0.1, 0.15) is 11.6 Å². The quantitative estimate of drug-likeness (QED) is 0.620. The van der Waals surface area contributed by atoms with Crippen LogP contribution in [0.3, 0.4) is 0 Å². The van der Waals surface area contributed by atoms with Gasteiger partial charge < -0.3 is 4.74 Å². The molecule has 27 heavy (non-hydrogen) atoms. The lowest BCUT2D eigenvalue weighted by atomic mass is 10.2. The minimum atomic E-state index is -3.86. The summed E-state index contributed by atoms with van der Waals surface area (Å²) < 4.78 is 45.9. The molecule has 0 amide bonds. The number of aromatic nitrogens is 3. The lowest BCUT2D eigenvalue weighted by Crippen LogP contribution is -2.13. The van der Waals surface area contributed by atoms with E-state index in [0.717, 1.165) is 6.07 Å². The largest absolute Gasteiger partial charge is 0.496 e. The highest BCUT2D eigenvalue weighted by molar-refractivity contribution is 7.90. The average Bonchev–Trinajstić information content (AvgIpc) is 3.09. The van der Waals surface area contributed by atoms with Crippen molar-refractivity contribution in [1.29, 1.82) is 0 Å². The zero-order valence-electron chi connectivity index (χ0n) is 14.7. The van der Waals surface area contributed by atoms with E-state index in [1.165, 1.54) is 23.8 Å². The fourth-order valence-electron chi connectivity index (χ4n) is 2.74. The molecule has 0 fully saturated rings. The second-order valence-corrected chi connectivity index (χ2v) is 8.04. The van der Waals surface area contributed by atoms with Gasteiger partial charge in [0.2, 0.25) is 15.0 Å². The average molecular weight is 410 g/mol. The van der Waals surface area contributed by atoms with Crippen molar-refractivity contribution in [2.45, 2.75) is 24.4 Å². The first-order valence-electron chi connectivity index (χ1n) is 8.10. The molecule has 3 rings (SSSR count). The van der Waals surface area contributed by atoms with Gasteiger partial charge in [-0.25, -0.2) is 12.8 Å². The van der Waals surface area contributed by atoms with E-state index in [-0.39, 0.29) is 10.2 Å². The second-order valence-electron chi connectivity index (χ2n) is 5.75. The summed E-state index contributed by atoms with van der Waals surface area (Å²) in [5.74, 6) is 0.0103. The van der Waals surface area contributed by atoms with Gasteiger partial charge in [-0.3, -0.25) is 4.57 Å². The van der Waals surface area contributed by atoms with Crippen molar-refractivity contribution in [2.75, 3.05) is 7.11 Å². The Labute approximate surface area is 161 Å². The highest BCUT2D eigenvalue weighted by atomic mass is 35.5. The summed E-state index contributed by atoms with van der Waals surface area (Å²) in [6, 6.07) is 10.8. The van der Waals surface area contributed by atoms with E-state index in [0.29, 0.717) is 29.2 Å². The standard InChI is InChI=1S/C18H17ClFN3O3S/c1-3-23-17(14-6-4-5-7-16(14)26-2)21-22-18(23)27(24,25)11-12-8-9-13(20)10-15(12)19/h4-10H,3,11H2,1-2H3. The molecule has 0 unspecified atom stereocenters. The molecular weight excluding hydrogens is 393 g/mol. The predicted octanol–water partition coefficient (Wildman–Crippen LogP) is 3.74. The molecule has 0 saturated carbocycles. The number of methoxy groups -OCH3 is 1. The Kier molecular flexibility index (Phi) is 5.48. The molecular formula is C18H17ClFN3O3S. The first-order chi connectivity index (χ1) is 12.9. The van der Waals surface area contributed by atoms with Crippen LogP contribution in [0.5, 0.6) is 5.75 Å². The topological polar surface area (TPSA) is 74.1 Å². The number of ether oxygens (including phenoxy) is 1.